The molecule has 0 heterocycles. The third kappa shape index (κ3) is 8.68. The second-order valence-electron chi connectivity index (χ2n) is 13.3. The molecule has 0 aromatic heterocycles. The van der Waals surface area contributed by atoms with Crippen molar-refractivity contribution in [2.75, 3.05) is 0 Å². The number of rotatable bonds is 2. The van der Waals surface area contributed by atoms with Crippen LogP contribution in [0.25, 0.3) is 43.8 Å². The van der Waals surface area contributed by atoms with Gasteiger partial charge in [-0.25, -0.2) is 0 Å². The molecule has 0 amide bonds. The van der Waals surface area contributed by atoms with Gasteiger partial charge >= 0.3 is 30.2 Å². The maximum atomic E-state index is 3.06. The average molecular weight is 672 g/mol. The van der Waals surface area contributed by atoms with E-state index in [-0.39, 0.29) is 25.7 Å². The molecular weight excluding hydrogens is 624 g/mol. The van der Waals surface area contributed by atoms with E-state index in [0.29, 0.717) is 0 Å². The fourth-order valence-corrected chi connectivity index (χ4v) is 5.57. The molecule has 0 unspecified atom stereocenters. The third-order valence-corrected chi connectivity index (χ3v) is 7.91. The molecule has 0 aliphatic rings. The monoisotopic (exact) mass is 670 g/mol. The zero-order valence-electron chi connectivity index (χ0n) is 28.4. The zero-order chi connectivity index (χ0) is 30.7. The average Bonchev–Trinajstić information content (AvgIpc) is 3.54. The molecule has 6 aromatic carbocycles. The Bertz CT molecular complexity index is 1630. The molecule has 228 valence electrons. The van der Waals surface area contributed by atoms with Crippen LogP contribution >= 0.6 is 0 Å². The Morgan fingerprint density at radius 2 is 0.818 bits per heavy atom. The summed E-state index contributed by atoms with van der Waals surface area (Å²) in [4.78, 5) is 0. The molecule has 0 fully saturated rings. The molecule has 6 aromatic rings. The molecule has 0 saturated carbocycles. The zero-order valence-corrected chi connectivity index (χ0v) is 31.9. The molecule has 0 saturated heterocycles. The molecule has 0 aliphatic carbocycles. The summed E-state index contributed by atoms with van der Waals surface area (Å²) in [6.07, 6.45) is 0. The summed E-state index contributed by atoms with van der Waals surface area (Å²) in [6.45, 7) is 20.9. The summed E-state index contributed by atoms with van der Waals surface area (Å²) in [5.74, 6) is 0. The first-order valence-electron chi connectivity index (χ1n) is 14.7. The molecule has 2 heteroatoms. The van der Waals surface area contributed by atoms with Crippen LogP contribution in [0.3, 0.4) is 0 Å². The van der Waals surface area contributed by atoms with Crippen molar-refractivity contribution in [3.05, 3.63) is 146 Å². The van der Waals surface area contributed by atoms with Crippen LogP contribution in [0.2, 0.25) is 0 Å². The van der Waals surface area contributed by atoms with Crippen LogP contribution in [0, 0.1) is 28.7 Å². The topological polar surface area (TPSA) is 0 Å². The molecular formula is C42H48SiZr-4. The first-order valence-corrected chi connectivity index (χ1v) is 18.9. The van der Waals surface area contributed by atoms with Gasteiger partial charge in [0.05, 0.1) is 0 Å². The van der Waals surface area contributed by atoms with Crippen LogP contribution < -0.4 is 0 Å². The van der Waals surface area contributed by atoms with E-state index in [1.807, 2.05) is 0 Å². The molecule has 0 spiro atoms. The Morgan fingerprint density at radius 3 is 1.11 bits per heavy atom. The molecule has 44 heavy (non-hydrogen) atoms. The molecule has 0 nitrogen and oxygen atoms in total. The van der Waals surface area contributed by atoms with Gasteiger partial charge in [0.1, 0.15) is 0 Å². The summed E-state index contributed by atoms with van der Waals surface area (Å²) >= 11 is 1.36. The van der Waals surface area contributed by atoms with E-state index in [1.165, 1.54) is 89.4 Å². The normalized spacial score (nSPS) is 11.0. The quantitative estimate of drug-likeness (QED) is 0.127. The second kappa shape index (κ2) is 15.5. The van der Waals surface area contributed by atoms with E-state index in [4.69, 9.17) is 0 Å². The molecule has 0 aliphatic heterocycles. The third-order valence-electron chi connectivity index (χ3n) is 7.91. The van der Waals surface area contributed by atoms with Crippen LogP contribution in [0.5, 0.6) is 0 Å². The van der Waals surface area contributed by atoms with Gasteiger partial charge in [-0.3, -0.25) is 0 Å². The summed E-state index contributed by atoms with van der Waals surface area (Å²) in [6, 6.07) is 40.2. The molecule has 0 atom stereocenters. The Morgan fingerprint density at radius 1 is 0.500 bits per heavy atom. The van der Waals surface area contributed by atoms with Crippen molar-refractivity contribution in [2.24, 2.45) is 0 Å². The number of hydrogen-bond donors (Lipinski definition) is 0. The SMILES string of the molecule is Cc1cc2c(-c3ccc(C(C)(C)C)cc3)cccc2[cH-]1.Cc1cc2c(-c3ccc(C(C)(C)C)cc3)cccc2[cH-]1.[CH3-].[CH3-].[Si]=[Zr]. The minimum absolute atomic E-state index is 0. The van der Waals surface area contributed by atoms with Crippen LogP contribution in [0.1, 0.15) is 63.8 Å². The van der Waals surface area contributed by atoms with Crippen molar-refractivity contribution in [3.63, 3.8) is 0 Å². The first-order chi connectivity index (χ1) is 19.9. The van der Waals surface area contributed by atoms with E-state index in [2.05, 4.69) is 171 Å². The van der Waals surface area contributed by atoms with Crippen molar-refractivity contribution in [2.45, 2.75) is 66.2 Å². The van der Waals surface area contributed by atoms with E-state index in [0.717, 1.165) is 0 Å². The van der Waals surface area contributed by atoms with Crippen LogP contribution in [0.15, 0.2) is 109 Å². The van der Waals surface area contributed by atoms with Gasteiger partial charge in [-0.2, -0.15) is 12.1 Å². The summed E-state index contributed by atoms with van der Waals surface area (Å²) in [7, 11) is 0. The van der Waals surface area contributed by atoms with Crippen molar-refractivity contribution in [3.8, 4) is 22.3 Å². The van der Waals surface area contributed by atoms with Crippen molar-refractivity contribution in [1.29, 1.82) is 0 Å². The van der Waals surface area contributed by atoms with Gasteiger partial charge in [-0.05, 0) is 33.1 Å². The van der Waals surface area contributed by atoms with E-state index >= 15 is 0 Å². The Kier molecular flexibility index (Phi) is 13.1. The fourth-order valence-electron chi connectivity index (χ4n) is 5.57. The summed E-state index contributed by atoms with van der Waals surface area (Å²) < 4.78 is 0. The van der Waals surface area contributed by atoms with Crippen molar-refractivity contribution >= 4 is 28.4 Å². The number of fused-ring (bicyclic) bond motifs is 2. The number of aryl methyl sites for hydroxylation is 2. The van der Waals surface area contributed by atoms with Crippen LogP contribution in [-0.2, 0) is 34.2 Å². The standard InChI is InChI=1S/2C20H21.2CH3.Si.Zr/c2*1-14-12-16-6-5-7-18(19(16)13-14)15-8-10-17(11-9-15)20(2,3)4;;;;/h2*5-13H,1-4H3;2*1H3;;/q4*-1;;. The van der Waals surface area contributed by atoms with Crippen LogP contribution in [0.4, 0.5) is 0 Å². The van der Waals surface area contributed by atoms with Gasteiger partial charge in [0, 0.05) is 0 Å². The van der Waals surface area contributed by atoms with Gasteiger partial charge in [-0.1, -0.05) is 127 Å². The van der Waals surface area contributed by atoms with Gasteiger partial charge < -0.3 is 14.9 Å². The first kappa shape index (κ1) is 37.4. The molecule has 0 N–H and O–H groups in total. The van der Waals surface area contributed by atoms with Gasteiger partial charge in [-0.15, -0.1) is 69.1 Å². The Hall–Kier alpha value is -2.80. The van der Waals surface area contributed by atoms with E-state index < -0.39 is 0 Å². The number of benzene rings is 4. The van der Waals surface area contributed by atoms with Crippen LogP contribution in [-0.4, -0.2) is 6.88 Å². The molecule has 6 rings (SSSR count). The van der Waals surface area contributed by atoms with Crippen molar-refractivity contribution < 1.29 is 23.3 Å². The van der Waals surface area contributed by atoms with Gasteiger partial charge in [0.2, 0.25) is 0 Å². The minimum atomic E-state index is 0. The predicted molar refractivity (Wildman–Crippen MR) is 195 cm³/mol. The van der Waals surface area contributed by atoms with Crippen molar-refractivity contribution in [1.82, 2.24) is 0 Å². The van der Waals surface area contributed by atoms with Gasteiger partial charge in [0.25, 0.3) is 0 Å². The maximum absolute atomic E-state index is 3.06. The summed E-state index contributed by atoms with van der Waals surface area (Å²) in [5.41, 5.74) is 11.1. The number of hydrogen-bond acceptors (Lipinski definition) is 0. The van der Waals surface area contributed by atoms with Gasteiger partial charge in [0.15, 0.2) is 0 Å². The molecule has 2 radical (unpaired) electrons. The Balaban J connectivity index is 0.000000279. The fraction of sp³-hybridized carbons (Fsp3) is 0.238. The Labute approximate surface area is 284 Å². The van der Waals surface area contributed by atoms with E-state index in [1.54, 1.807) is 0 Å². The predicted octanol–water partition coefficient (Wildman–Crippen LogP) is 12.2. The van der Waals surface area contributed by atoms with E-state index in [9.17, 15) is 0 Å². The summed E-state index contributed by atoms with van der Waals surface area (Å²) in [5, 5.41) is 5.38. The molecule has 0 bridgehead atoms. The second-order valence-corrected chi connectivity index (χ2v) is 13.3.